The molecule has 0 unspecified atom stereocenters. The Hall–Kier alpha value is -2.64. The van der Waals surface area contributed by atoms with Crippen molar-refractivity contribution in [1.82, 2.24) is 14.8 Å². The van der Waals surface area contributed by atoms with E-state index in [9.17, 15) is 10.1 Å². The van der Waals surface area contributed by atoms with Gasteiger partial charge in [0.25, 0.3) is 5.69 Å². The summed E-state index contributed by atoms with van der Waals surface area (Å²) in [5.74, 6) is 0.842. The van der Waals surface area contributed by atoms with Gasteiger partial charge in [0.05, 0.1) is 11.0 Å². The first-order chi connectivity index (χ1) is 8.75. The van der Waals surface area contributed by atoms with Crippen molar-refractivity contribution in [2.24, 2.45) is 0 Å². The maximum Gasteiger partial charge on any atom is 0.298 e. The van der Waals surface area contributed by atoms with Crippen LogP contribution in [0.3, 0.4) is 0 Å². The number of hydrogen-bond donors (Lipinski definition) is 0. The Bertz CT molecular complexity index is 596. The van der Waals surface area contributed by atoms with Crippen molar-refractivity contribution < 1.29 is 14.4 Å². The van der Waals surface area contributed by atoms with E-state index in [1.807, 2.05) is 0 Å². The number of nitrogens with zero attached hydrogens (tertiary/aromatic N) is 4. The predicted molar refractivity (Wildman–Crippen MR) is 59.0 cm³/mol. The molecule has 0 fully saturated rings. The maximum absolute atomic E-state index is 11.1. The number of nitro benzene ring substituents is 1. The van der Waals surface area contributed by atoms with Gasteiger partial charge in [0.1, 0.15) is 31.6 Å². The van der Waals surface area contributed by atoms with Gasteiger partial charge in [-0.1, -0.05) is 0 Å². The summed E-state index contributed by atoms with van der Waals surface area (Å²) in [5.41, 5.74) is 0.187. The molecule has 0 saturated carbocycles. The summed E-state index contributed by atoms with van der Waals surface area (Å²) in [6.45, 7) is 0.800. The highest BCUT2D eigenvalue weighted by atomic mass is 16.6. The second-order valence-electron chi connectivity index (χ2n) is 3.58. The van der Waals surface area contributed by atoms with Gasteiger partial charge in [-0.25, -0.2) is 9.67 Å². The van der Waals surface area contributed by atoms with Crippen molar-refractivity contribution in [3.05, 3.63) is 34.9 Å². The lowest BCUT2D eigenvalue weighted by Crippen LogP contribution is -2.16. The first kappa shape index (κ1) is 10.5. The van der Waals surface area contributed by atoms with Crippen LogP contribution in [-0.2, 0) is 0 Å². The second kappa shape index (κ2) is 3.99. The second-order valence-corrected chi connectivity index (χ2v) is 3.58. The van der Waals surface area contributed by atoms with Gasteiger partial charge in [-0.2, -0.15) is 5.10 Å². The largest absolute Gasteiger partial charge is 0.486 e. The summed E-state index contributed by atoms with van der Waals surface area (Å²) in [6.07, 6.45) is 2.69. The molecule has 92 valence electrons. The van der Waals surface area contributed by atoms with Gasteiger partial charge in [0.2, 0.25) is 0 Å². The van der Waals surface area contributed by atoms with Gasteiger partial charge in [-0.05, 0) is 0 Å². The number of nitro groups is 1. The van der Waals surface area contributed by atoms with Crippen molar-refractivity contribution >= 4 is 5.69 Å². The summed E-state index contributed by atoms with van der Waals surface area (Å²) in [5, 5.41) is 14.9. The van der Waals surface area contributed by atoms with E-state index in [1.54, 1.807) is 0 Å². The van der Waals surface area contributed by atoms with Gasteiger partial charge in [-0.3, -0.25) is 10.1 Å². The number of fused-ring (bicyclic) bond motifs is 1. The molecule has 1 aliphatic rings. The average Bonchev–Trinajstić information content (AvgIpc) is 2.91. The Morgan fingerprint density at radius 3 is 2.61 bits per heavy atom. The van der Waals surface area contributed by atoms with Gasteiger partial charge < -0.3 is 9.47 Å². The first-order valence-corrected chi connectivity index (χ1v) is 5.19. The van der Waals surface area contributed by atoms with E-state index in [-0.39, 0.29) is 5.69 Å². The molecule has 0 amide bonds. The van der Waals surface area contributed by atoms with Gasteiger partial charge >= 0.3 is 0 Å². The highest BCUT2D eigenvalue weighted by molar-refractivity contribution is 5.61. The highest BCUT2D eigenvalue weighted by Crippen LogP contribution is 2.37. The normalized spacial score (nSPS) is 13.3. The van der Waals surface area contributed by atoms with Crippen molar-refractivity contribution in [2.45, 2.75) is 0 Å². The third-order valence-electron chi connectivity index (χ3n) is 2.50. The van der Waals surface area contributed by atoms with Crippen LogP contribution in [0, 0.1) is 10.1 Å². The van der Waals surface area contributed by atoms with E-state index >= 15 is 0 Å². The van der Waals surface area contributed by atoms with E-state index in [4.69, 9.17) is 9.47 Å². The molecule has 1 aromatic heterocycles. The molecule has 2 heterocycles. The molecule has 1 aliphatic heterocycles. The standard InChI is InChI=1S/C10H8N4O4/c15-14(16)8-4-10-9(17-1-2-18-10)3-7(8)13-6-11-5-12-13/h3-6H,1-2H2. The van der Waals surface area contributed by atoms with Crippen LogP contribution >= 0.6 is 0 Å². The van der Waals surface area contributed by atoms with Crippen LogP contribution in [-0.4, -0.2) is 32.9 Å². The fraction of sp³-hybridized carbons (Fsp3) is 0.200. The minimum absolute atomic E-state index is 0.107. The molecule has 2 aromatic rings. The van der Waals surface area contributed by atoms with E-state index in [1.165, 1.54) is 29.5 Å². The zero-order valence-electron chi connectivity index (χ0n) is 9.15. The summed E-state index contributed by atoms with van der Waals surface area (Å²) in [4.78, 5) is 14.3. The molecule has 0 atom stereocenters. The maximum atomic E-state index is 11.1. The fourth-order valence-electron chi connectivity index (χ4n) is 1.73. The Morgan fingerprint density at radius 2 is 2.00 bits per heavy atom. The lowest BCUT2D eigenvalue weighted by Gasteiger charge is -2.18. The van der Waals surface area contributed by atoms with Gasteiger partial charge in [-0.15, -0.1) is 0 Å². The first-order valence-electron chi connectivity index (χ1n) is 5.19. The van der Waals surface area contributed by atoms with Crippen LogP contribution in [0.15, 0.2) is 24.8 Å². The molecular formula is C10H8N4O4. The SMILES string of the molecule is O=[N+]([O-])c1cc2c(cc1-n1cncn1)OCCO2. The number of benzene rings is 1. The molecule has 0 spiro atoms. The van der Waals surface area contributed by atoms with Crippen LogP contribution in [0.25, 0.3) is 5.69 Å². The lowest BCUT2D eigenvalue weighted by molar-refractivity contribution is -0.384. The van der Waals surface area contributed by atoms with Crippen LogP contribution < -0.4 is 9.47 Å². The Morgan fingerprint density at radius 1 is 1.28 bits per heavy atom. The minimum atomic E-state index is -0.491. The molecule has 0 radical (unpaired) electrons. The average molecular weight is 248 g/mol. The number of rotatable bonds is 2. The molecule has 8 nitrogen and oxygen atoms in total. The zero-order chi connectivity index (χ0) is 12.5. The third kappa shape index (κ3) is 1.63. The summed E-state index contributed by atoms with van der Waals surface area (Å²) in [7, 11) is 0. The fourth-order valence-corrected chi connectivity index (χ4v) is 1.73. The van der Waals surface area contributed by atoms with Crippen LogP contribution in [0.2, 0.25) is 0 Å². The topological polar surface area (TPSA) is 92.3 Å². The molecule has 3 rings (SSSR count). The van der Waals surface area contributed by atoms with Crippen LogP contribution in [0.5, 0.6) is 11.5 Å². The highest BCUT2D eigenvalue weighted by Gasteiger charge is 2.23. The molecule has 0 aliphatic carbocycles. The molecule has 18 heavy (non-hydrogen) atoms. The van der Waals surface area contributed by atoms with Crippen molar-refractivity contribution in [3.63, 3.8) is 0 Å². The van der Waals surface area contributed by atoms with Gasteiger partial charge in [0, 0.05) is 6.07 Å². The smallest absolute Gasteiger partial charge is 0.298 e. The van der Waals surface area contributed by atoms with Crippen molar-refractivity contribution in [3.8, 4) is 17.2 Å². The van der Waals surface area contributed by atoms with E-state index in [0.717, 1.165) is 0 Å². The predicted octanol–water partition coefficient (Wildman–Crippen LogP) is 0.947. The molecule has 8 heteroatoms. The summed E-state index contributed by atoms with van der Waals surface area (Å²) >= 11 is 0. The molecule has 0 N–H and O–H groups in total. The Labute approximate surface area is 101 Å². The quantitative estimate of drug-likeness (QED) is 0.580. The third-order valence-corrected chi connectivity index (χ3v) is 2.50. The van der Waals surface area contributed by atoms with Crippen LogP contribution in [0.4, 0.5) is 5.69 Å². The molecular weight excluding hydrogens is 240 g/mol. The lowest BCUT2D eigenvalue weighted by atomic mass is 10.2. The summed E-state index contributed by atoms with van der Waals surface area (Å²) < 4.78 is 12.0. The van der Waals surface area contributed by atoms with E-state index in [0.29, 0.717) is 30.4 Å². The van der Waals surface area contributed by atoms with E-state index in [2.05, 4.69) is 10.1 Å². The summed E-state index contributed by atoms with van der Waals surface area (Å²) in [6, 6.07) is 2.87. The monoisotopic (exact) mass is 248 g/mol. The number of ether oxygens (including phenoxy) is 2. The minimum Gasteiger partial charge on any atom is -0.486 e. The van der Waals surface area contributed by atoms with Gasteiger partial charge in [0.15, 0.2) is 11.5 Å². The van der Waals surface area contributed by atoms with E-state index < -0.39 is 4.92 Å². The zero-order valence-corrected chi connectivity index (χ0v) is 9.15. The number of aromatic nitrogens is 3. The van der Waals surface area contributed by atoms with Crippen molar-refractivity contribution in [2.75, 3.05) is 13.2 Å². The number of hydrogen-bond acceptors (Lipinski definition) is 6. The molecule has 1 aromatic carbocycles. The Kier molecular flexibility index (Phi) is 2.33. The molecule has 0 bridgehead atoms. The van der Waals surface area contributed by atoms with Crippen LogP contribution in [0.1, 0.15) is 0 Å². The molecule has 0 saturated heterocycles. The Balaban J connectivity index is 2.19. The van der Waals surface area contributed by atoms with Crippen molar-refractivity contribution in [1.29, 1.82) is 0 Å².